The van der Waals surface area contributed by atoms with Crippen LogP contribution in [0.15, 0.2) is 42.5 Å². The molecule has 0 atom stereocenters. The van der Waals surface area contributed by atoms with Gasteiger partial charge in [0.25, 0.3) is 11.8 Å². The van der Waals surface area contributed by atoms with E-state index >= 15 is 0 Å². The van der Waals surface area contributed by atoms with Gasteiger partial charge in [0, 0.05) is 12.2 Å². The Morgan fingerprint density at radius 2 is 1.71 bits per heavy atom. The van der Waals surface area contributed by atoms with Crippen molar-refractivity contribution >= 4 is 29.1 Å². The van der Waals surface area contributed by atoms with Crippen LogP contribution < -0.4 is 25.6 Å². The van der Waals surface area contributed by atoms with Gasteiger partial charge in [-0.2, -0.15) is 0 Å². The monoisotopic (exact) mass is 445 g/mol. The van der Waals surface area contributed by atoms with E-state index in [9.17, 15) is 9.59 Å². The predicted octanol–water partition coefficient (Wildman–Crippen LogP) is 2.43. The van der Waals surface area contributed by atoms with Crippen LogP contribution in [0.4, 0.5) is 0 Å². The number of ether oxygens (including phenoxy) is 3. The molecule has 2 rings (SSSR count). The lowest BCUT2D eigenvalue weighted by Gasteiger charge is -2.12. The molecular formula is C22H27N3O5S. The number of hydrazine groups is 1. The third kappa shape index (κ3) is 8.61. The summed E-state index contributed by atoms with van der Waals surface area (Å²) in [5, 5.41) is 2.45. The van der Waals surface area contributed by atoms with E-state index in [1.54, 1.807) is 24.3 Å². The molecule has 0 heterocycles. The fourth-order valence-electron chi connectivity index (χ4n) is 2.54. The van der Waals surface area contributed by atoms with Gasteiger partial charge in [-0.15, -0.1) is 0 Å². The highest BCUT2D eigenvalue weighted by Crippen LogP contribution is 2.18. The Hall–Kier alpha value is -3.17. The van der Waals surface area contributed by atoms with E-state index < -0.39 is 11.8 Å². The van der Waals surface area contributed by atoms with Crippen LogP contribution in [-0.4, -0.2) is 43.4 Å². The maximum absolute atomic E-state index is 12.2. The summed E-state index contributed by atoms with van der Waals surface area (Å²) in [7, 11) is 0. The fraction of sp³-hybridized carbons (Fsp3) is 0.318. The standard InChI is InChI=1S/C22H27N3O5S/c1-4-28-11-12-29-18-8-6-17(7-9-18)21(27)23-22(31)25-24-20(26)14-30-19-10-5-15(2)13-16(19)3/h5-10,13H,4,11-12,14H2,1-3H3,(H,24,26)(H2,23,25,27,31). The second-order valence-electron chi connectivity index (χ2n) is 6.58. The normalized spacial score (nSPS) is 10.2. The van der Waals surface area contributed by atoms with Crippen molar-refractivity contribution in [2.75, 3.05) is 26.4 Å². The van der Waals surface area contributed by atoms with Crippen LogP contribution in [0, 0.1) is 13.8 Å². The number of rotatable bonds is 9. The Morgan fingerprint density at radius 3 is 2.39 bits per heavy atom. The molecule has 0 saturated carbocycles. The summed E-state index contributed by atoms with van der Waals surface area (Å²) in [5.74, 6) is 0.402. The number of carbonyl (C=O) groups is 2. The molecule has 31 heavy (non-hydrogen) atoms. The second kappa shape index (κ2) is 12.5. The molecule has 0 bridgehead atoms. The van der Waals surface area contributed by atoms with Crippen molar-refractivity contribution in [2.45, 2.75) is 20.8 Å². The summed E-state index contributed by atoms with van der Waals surface area (Å²) >= 11 is 5.03. The zero-order valence-corrected chi connectivity index (χ0v) is 18.6. The maximum Gasteiger partial charge on any atom is 0.276 e. The van der Waals surface area contributed by atoms with Gasteiger partial charge in [0.05, 0.1) is 6.61 Å². The van der Waals surface area contributed by atoms with Gasteiger partial charge in [0.2, 0.25) is 0 Å². The van der Waals surface area contributed by atoms with Gasteiger partial charge in [-0.3, -0.25) is 25.8 Å². The SMILES string of the molecule is CCOCCOc1ccc(C(=O)NC(=S)NNC(=O)COc2ccc(C)cc2C)cc1. The molecule has 2 amide bonds. The zero-order chi connectivity index (χ0) is 22.6. The molecule has 9 heteroatoms. The Kier molecular flexibility index (Phi) is 9.73. The van der Waals surface area contributed by atoms with Gasteiger partial charge < -0.3 is 14.2 Å². The number of hydrogen-bond acceptors (Lipinski definition) is 6. The summed E-state index contributed by atoms with van der Waals surface area (Å²) in [4.78, 5) is 24.2. The van der Waals surface area contributed by atoms with Gasteiger partial charge in [-0.05, 0) is 68.9 Å². The Bertz CT molecular complexity index is 903. The van der Waals surface area contributed by atoms with E-state index in [1.807, 2.05) is 39.0 Å². The highest BCUT2D eigenvalue weighted by Gasteiger charge is 2.10. The van der Waals surface area contributed by atoms with Crippen molar-refractivity contribution in [1.29, 1.82) is 0 Å². The predicted molar refractivity (Wildman–Crippen MR) is 121 cm³/mol. The minimum atomic E-state index is -0.440. The Labute approximate surface area is 187 Å². The highest BCUT2D eigenvalue weighted by molar-refractivity contribution is 7.80. The zero-order valence-electron chi connectivity index (χ0n) is 17.8. The summed E-state index contributed by atoms with van der Waals surface area (Å²) in [6, 6.07) is 12.3. The molecule has 0 aliphatic carbocycles. The van der Waals surface area contributed by atoms with Crippen LogP contribution in [0.1, 0.15) is 28.4 Å². The molecule has 0 saturated heterocycles. The van der Waals surface area contributed by atoms with Crippen molar-refractivity contribution < 1.29 is 23.8 Å². The second-order valence-corrected chi connectivity index (χ2v) is 6.99. The van der Waals surface area contributed by atoms with Crippen LogP contribution in [0.2, 0.25) is 0 Å². The summed E-state index contributed by atoms with van der Waals surface area (Å²) in [6.07, 6.45) is 0. The third-order valence-corrected chi connectivity index (χ3v) is 4.25. The summed E-state index contributed by atoms with van der Waals surface area (Å²) in [6.45, 7) is 7.17. The molecule has 0 fully saturated rings. The molecule has 0 aliphatic heterocycles. The van der Waals surface area contributed by atoms with Gasteiger partial charge in [-0.25, -0.2) is 0 Å². The molecule has 2 aromatic carbocycles. The van der Waals surface area contributed by atoms with Gasteiger partial charge in [0.15, 0.2) is 11.7 Å². The van der Waals surface area contributed by atoms with E-state index in [1.165, 1.54) is 0 Å². The first-order valence-electron chi connectivity index (χ1n) is 9.80. The topological polar surface area (TPSA) is 97.9 Å². The molecule has 0 aromatic heterocycles. The van der Waals surface area contributed by atoms with E-state index in [4.69, 9.17) is 26.4 Å². The van der Waals surface area contributed by atoms with E-state index in [-0.39, 0.29) is 11.7 Å². The molecule has 0 unspecified atom stereocenters. The largest absolute Gasteiger partial charge is 0.491 e. The molecular weight excluding hydrogens is 418 g/mol. The van der Waals surface area contributed by atoms with Crippen LogP contribution in [0.3, 0.4) is 0 Å². The lowest BCUT2D eigenvalue weighted by atomic mass is 10.1. The lowest BCUT2D eigenvalue weighted by molar-refractivity contribution is -0.123. The minimum absolute atomic E-state index is 0.0399. The minimum Gasteiger partial charge on any atom is -0.491 e. The number of carbonyl (C=O) groups excluding carboxylic acids is 2. The van der Waals surface area contributed by atoms with Crippen LogP contribution in [0.5, 0.6) is 11.5 Å². The van der Waals surface area contributed by atoms with Crippen molar-refractivity contribution in [3.63, 3.8) is 0 Å². The van der Waals surface area contributed by atoms with Gasteiger partial charge >= 0.3 is 0 Å². The highest BCUT2D eigenvalue weighted by atomic mass is 32.1. The average Bonchev–Trinajstić information content (AvgIpc) is 2.75. The van der Waals surface area contributed by atoms with Crippen molar-refractivity contribution in [2.24, 2.45) is 0 Å². The quantitative estimate of drug-likeness (QED) is 0.310. The van der Waals surface area contributed by atoms with E-state index in [2.05, 4.69) is 16.2 Å². The number of amides is 2. The number of hydrogen-bond donors (Lipinski definition) is 3. The Morgan fingerprint density at radius 1 is 0.968 bits per heavy atom. The molecule has 0 spiro atoms. The van der Waals surface area contributed by atoms with E-state index in [0.717, 1.165) is 11.1 Å². The number of nitrogens with one attached hydrogen (secondary N) is 3. The van der Waals surface area contributed by atoms with Crippen LogP contribution in [-0.2, 0) is 9.53 Å². The van der Waals surface area contributed by atoms with E-state index in [0.29, 0.717) is 36.9 Å². The lowest BCUT2D eigenvalue weighted by Crippen LogP contribution is -2.49. The number of thiocarbonyl (C=S) groups is 1. The van der Waals surface area contributed by atoms with Crippen LogP contribution in [0.25, 0.3) is 0 Å². The van der Waals surface area contributed by atoms with Crippen LogP contribution >= 0.6 is 12.2 Å². The molecule has 166 valence electrons. The summed E-state index contributed by atoms with van der Waals surface area (Å²) in [5.41, 5.74) is 7.30. The Balaban J connectivity index is 1.71. The third-order valence-electron chi connectivity index (χ3n) is 4.05. The average molecular weight is 446 g/mol. The molecule has 3 N–H and O–H groups in total. The van der Waals surface area contributed by atoms with Crippen molar-refractivity contribution in [3.05, 3.63) is 59.2 Å². The first kappa shape index (κ1) is 24.1. The fourth-order valence-corrected chi connectivity index (χ4v) is 2.68. The first-order chi connectivity index (χ1) is 14.9. The summed E-state index contributed by atoms with van der Waals surface area (Å²) < 4.78 is 16.2. The number of benzene rings is 2. The maximum atomic E-state index is 12.2. The van der Waals surface area contributed by atoms with Gasteiger partial charge in [0.1, 0.15) is 18.1 Å². The van der Waals surface area contributed by atoms with Crippen molar-refractivity contribution in [1.82, 2.24) is 16.2 Å². The molecule has 0 radical (unpaired) electrons. The van der Waals surface area contributed by atoms with Crippen molar-refractivity contribution in [3.8, 4) is 11.5 Å². The number of aryl methyl sites for hydroxylation is 2. The first-order valence-corrected chi connectivity index (χ1v) is 10.2. The van der Waals surface area contributed by atoms with Gasteiger partial charge in [-0.1, -0.05) is 17.7 Å². The molecule has 8 nitrogen and oxygen atoms in total. The molecule has 2 aromatic rings. The molecule has 0 aliphatic rings. The smallest absolute Gasteiger partial charge is 0.276 e.